The lowest BCUT2D eigenvalue weighted by atomic mass is 10.1. The molecule has 0 fully saturated rings. The molecule has 0 saturated heterocycles. The number of nitrogens with zero attached hydrogens (tertiary/aromatic N) is 4. The lowest BCUT2D eigenvalue weighted by Gasteiger charge is -2.26. The van der Waals surface area contributed by atoms with Crippen LogP contribution in [0.25, 0.3) is 11.4 Å². The fraction of sp³-hybridized carbons (Fsp3) is 0.120. The van der Waals surface area contributed by atoms with Crippen molar-refractivity contribution in [2.75, 3.05) is 11.5 Å². The van der Waals surface area contributed by atoms with Gasteiger partial charge in [0.25, 0.3) is 0 Å². The Hall–Kier alpha value is -3.97. The Labute approximate surface area is 196 Å². The minimum Gasteiger partial charge on any atom is -0.506 e. The van der Waals surface area contributed by atoms with Gasteiger partial charge in [0, 0.05) is 23.0 Å². The number of carbonyl (C=O) groups is 1. The smallest absolute Gasteiger partial charge is 0.343 e. The summed E-state index contributed by atoms with van der Waals surface area (Å²) in [5.41, 5.74) is 2.09. The highest BCUT2D eigenvalue weighted by Crippen LogP contribution is 2.36. The molecule has 33 heavy (non-hydrogen) atoms. The first-order chi connectivity index (χ1) is 16.1. The second-order valence-electron chi connectivity index (χ2n) is 7.05. The molecule has 8 heteroatoms. The van der Waals surface area contributed by atoms with Crippen LogP contribution < -0.4 is 4.90 Å². The molecule has 0 atom stereocenters. The molecule has 0 aliphatic rings. The van der Waals surface area contributed by atoms with Crippen LogP contribution in [-0.4, -0.2) is 32.6 Å². The number of phenolic OH excluding ortho intramolecular Hbond substituents is 1. The van der Waals surface area contributed by atoms with Crippen LogP contribution in [0.5, 0.6) is 5.75 Å². The Bertz CT molecular complexity index is 1250. The Balaban J connectivity index is 1.90. The third-order valence-electron chi connectivity index (χ3n) is 4.84. The highest BCUT2D eigenvalue weighted by atomic mass is 35.5. The van der Waals surface area contributed by atoms with E-state index in [1.807, 2.05) is 18.2 Å². The van der Waals surface area contributed by atoms with Crippen molar-refractivity contribution in [1.82, 2.24) is 15.0 Å². The van der Waals surface area contributed by atoms with Crippen molar-refractivity contribution in [3.8, 4) is 17.1 Å². The fourth-order valence-corrected chi connectivity index (χ4v) is 3.42. The van der Waals surface area contributed by atoms with Crippen LogP contribution in [0.2, 0.25) is 5.02 Å². The Morgan fingerprint density at radius 2 is 1.79 bits per heavy atom. The molecule has 166 valence electrons. The molecule has 1 N–H and O–H groups in total. The van der Waals surface area contributed by atoms with Gasteiger partial charge in [0.15, 0.2) is 11.6 Å². The molecule has 2 aromatic heterocycles. The second-order valence-corrected chi connectivity index (χ2v) is 7.49. The number of anilines is 2. The summed E-state index contributed by atoms with van der Waals surface area (Å²) in [6, 6.07) is 19.5. The number of halogens is 1. The Kier molecular flexibility index (Phi) is 6.80. The number of ether oxygens (including phenoxy) is 1. The molecule has 2 heterocycles. The third-order valence-corrected chi connectivity index (χ3v) is 5.09. The van der Waals surface area contributed by atoms with E-state index in [9.17, 15) is 9.90 Å². The van der Waals surface area contributed by atoms with E-state index in [0.29, 0.717) is 22.4 Å². The minimum absolute atomic E-state index is 0.0369. The van der Waals surface area contributed by atoms with Crippen LogP contribution in [0.1, 0.15) is 23.0 Å². The van der Waals surface area contributed by atoms with E-state index in [1.165, 1.54) is 6.20 Å². The summed E-state index contributed by atoms with van der Waals surface area (Å²) < 4.78 is 5.26. The SMILES string of the molecule is CCOC(=O)c1cnc(-c2ccc(Cl)cc2)nc1N(Cc1ccccn1)c1ccccc1O. The number of hydrogen-bond donors (Lipinski definition) is 1. The third kappa shape index (κ3) is 5.10. The van der Waals surface area contributed by atoms with Gasteiger partial charge < -0.3 is 14.7 Å². The summed E-state index contributed by atoms with van der Waals surface area (Å²) in [5.74, 6) is 0.170. The standard InChI is InChI=1S/C25H21ClN4O3/c1-2-33-25(32)20-15-28-23(17-10-12-18(26)13-11-17)29-24(20)30(16-19-7-5-6-14-27-19)21-8-3-4-9-22(21)31/h3-15,31H,2,16H2,1H3. The molecule has 0 aliphatic heterocycles. The van der Waals surface area contributed by atoms with E-state index in [4.69, 9.17) is 21.3 Å². The molecule has 0 amide bonds. The number of pyridine rings is 1. The first-order valence-corrected chi connectivity index (χ1v) is 10.7. The van der Waals surface area contributed by atoms with Gasteiger partial charge in [-0.1, -0.05) is 29.8 Å². The Morgan fingerprint density at radius 3 is 2.48 bits per heavy atom. The molecule has 0 spiro atoms. The van der Waals surface area contributed by atoms with Gasteiger partial charge in [-0.05, 0) is 55.5 Å². The van der Waals surface area contributed by atoms with Crippen LogP contribution >= 0.6 is 11.6 Å². The number of esters is 1. The molecule has 0 saturated carbocycles. The summed E-state index contributed by atoms with van der Waals surface area (Å²) in [6.45, 7) is 2.19. The average Bonchev–Trinajstić information content (AvgIpc) is 2.84. The molecule has 4 rings (SSSR count). The lowest BCUT2D eigenvalue weighted by Crippen LogP contribution is -2.23. The van der Waals surface area contributed by atoms with E-state index in [2.05, 4.69) is 9.97 Å². The van der Waals surface area contributed by atoms with Gasteiger partial charge in [0.05, 0.1) is 24.5 Å². The van der Waals surface area contributed by atoms with Crippen LogP contribution in [-0.2, 0) is 11.3 Å². The Morgan fingerprint density at radius 1 is 1.03 bits per heavy atom. The van der Waals surface area contributed by atoms with E-state index >= 15 is 0 Å². The molecule has 0 radical (unpaired) electrons. The number of rotatable bonds is 7. The van der Waals surface area contributed by atoms with E-state index in [-0.39, 0.29) is 24.5 Å². The first-order valence-electron chi connectivity index (χ1n) is 10.3. The van der Waals surface area contributed by atoms with Crippen molar-refractivity contribution in [3.05, 3.63) is 95.4 Å². The maximum Gasteiger partial charge on any atom is 0.343 e. The van der Waals surface area contributed by atoms with Gasteiger partial charge in [-0.15, -0.1) is 0 Å². The van der Waals surface area contributed by atoms with Crippen LogP contribution in [0, 0.1) is 0 Å². The van der Waals surface area contributed by atoms with E-state index in [1.54, 1.807) is 66.6 Å². The summed E-state index contributed by atoms with van der Waals surface area (Å²) in [4.78, 5) is 28.0. The van der Waals surface area contributed by atoms with Gasteiger partial charge in [-0.3, -0.25) is 4.98 Å². The number of aromatic nitrogens is 3. The predicted octanol–water partition coefficient (Wildman–Crippen LogP) is 5.41. The number of aromatic hydroxyl groups is 1. The quantitative estimate of drug-likeness (QED) is 0.369. The number of hydrogen-bond acceptors (Lipinski definition) is 7. The second kappa shape index (κ2) is 10.1. The van der Waals surface area contributed by atoms with Gasteiger partial charge >= 0.3 is 5.97 Å². The number of carbonyl (C=O) groups excluding carboxylic acids is 1. The topological polar surface area (TPSA) is 88.4 Å². The fourth-order valence-electron chi connectivity index (χ4n) is 3.29. The summed E-state index contributed by atoms with van der Waals surface area (Å²) in [5, 5.41) is 11.2. The number of para-hydroxylation sites is 2. The summed E-state index contributed by atoms with van der Waals surface area (Å²) in [7, 11) is 0. The zero-order valence-electron chi connectivity index (χ0n) is 17.9. The maximum atomic E-state index is 12.8. The van der Waals surface area contributed by atoms with Crippen molar-refractivity contribution in [3.63, 3.8) is 0 Å². The molecule has 0 unspecified atom stereocenters. The van der Waals surface area contributed by atoms with E-state index < -0.39 is 5.97 Å². The van der Waals surface area contributed by atoms with Crippen molar-refractivity contribution >= 4 is 29.1 Å². The van der Waals surface area contributed by atoms with Gasteiger partial charge in [-0.25, -0.2) is 14.8 Å². The predicted molar refractivity (Wildman–Crippen MR) is 127 cm³/mol. The lowest BCUT2D eigenvalue weighted by molar-refractivity contribution is 0.0526. The monoisotopic (exact) mass is 460 g/mol. The minimum atomic E-state index is -0.559. The van der Waals surface area contributed by atoms with E-state index in [0.717, 1.165) is 11.3 Å². The average molecular weight is 461 g/mol. The zero-order valence-corrected chi connectivity index (χ0v) is 18.6. The van der Waals surface area contributed by atoms with Gasteiger partial charge in [0.2, 0.25) is 0 Å². The highest BCUT2D eigenvalue weighted by Gasteiger charge is 2.25. The molecule has 7 nitrogen and oxygen atoms in total. The van der Waals surface area contributed by atoms with Crippen molar-refractivity contribution in [2.45, 2.75) is 13.5 Å². The highest BCUT2D eigenvalue weighted by molar-refractivity contribution is 6.30. The number of benzene rings is 2. The molecule has 2 aromatic carbocycles. The molecule has 4 aromatic rings. The van der Waals surface area contributed by atoms with Crippen molar-refractivity contribution in [1.29, 1.82) is 0 Å². The van der Waals surface area contributed by atoms with Crippen LogP contribution in [0.3, 0.4) is 0 Å². The van der Waals surface area contributed by atoms with Crippen LogP contribution in [0.15, 0.2) is 79.1 Å². The maximum absolute atomic E-state index is 12.8. The summed E-state index contributed by atoms with van der Waals surface area (Å²) in [6.07, 6.45) is 3.12. The molecular formula is C25H21ClN4O3. The molecule has 0 aliphatic carbocycles. The normalized spacial score (nSPS) is 10.6. The van der Waals surface area contributed by atoms with Crippen molar-refractivity contribution in [2.24, 2.45) is 0 Å². The molecular weight excluding hydrogens is 440 g/mol. The van der Waals surface area contributed by atoms with Crippen molar-refractivity contribution < 1.29 is 14.6 Å². The summed E-state index contributed by atoms with van der Waals surface area (Å²) >= 11 is 6.03. The van der Waals surface area contributed by atoms with Gasteiger partial charge in [-0.2, -0.15) is 0 Å². The van der Waals surface area contributed by atoms with Gasteiger partial charge in [0.1, 0.15) is 11.3 Å². The largest absolute Gasteiger partial charge is 0.506 e. The molecule has 0 bridgehead atoms. The first kappa shape index (κ1) is 22.2. The zero-order chi connectivity index (χ0) is 23.2. The number of phenols is 1. The van der Waals surface area contributed by atoms with Crippen LogP contribution in [0.4, 0.5) is 11.5 Å².